The molecule has 0 aliphatic carbocycles. The second kappa shape index (κ2) is 8.62. The largest absolute Gasteiger partial charge is 0.480 e. The predicted molar refractivity (Wildman–Crippen MR) is 84.4 cm³/mol. The van der Waals surface area contributed by atoms with Gasteiger partial charge in [-0.3, -0.25) is 0 Å². The molecule has 0 heterocycles. The average molecular weight is 277 g/mol. The van der Waals surface area contributed by atoms with Gasteiger partial charge in [-0.15, -0.1) is 0 Å². The zero-order valence-corrected chi connectivity index (χ0v) is 12.9. The van der Waals surface area contributed by atoms with Gasteiger partial charge >= 0.3 is 5.97 Å². The quantitative estimate of drug-likeness (QED) is 0.738. The van der Waals surface area contributed by atoms with E-state index in [1.165, 1.54) is 18.4 Å². The molecule has 112 valence electrons. The molecule has 0 spiro atoms. The van der Waals surface area contributed by atoms with Crippen molar-refractivity contribution in [3.05, 3.63) is 29.8 Å². The molecule has 0 radical (unpaired) electrons. The SMILES string of the molecule is CCCCc1ccc(N(CCC)[C@H](CC)C(=O)O)cc1. The number of aryl methyl sites for hydroxylation is 1. The number of carbonyl (C=O) groups is 1. The van der Waals surface area contributed by atoms with Crippen LogP contribution in [0.2, 0.25) is 0 Å². The minimum atomic E-state index is -0.740. The van der Waals surface area contributed by atoms with Crippen LogP contribution in [0.3, 0.4) is 0 Å². The molecule has 20 heavy (non-hydrogen) atoms. The number of benzene rings is 1. The molecule has 1 aromatic rings. The van der Waals surface area contributed by atoms with Gasteiger partial charge in [0, 0.05) is 12.2 Å². The Hall–Kier alpha value is -1.51. The van der Waals surface area contributed by atoms with E-state index in [0.29, 0.717) is 6.42 Å². The Morgan fingerprint density at radius 3 is 2.25 bits per heavy atom. The zero-order valence-electron chi connectivity index (χ0n) is 12.9. The Morgan fingerprint density at radius 2 is 1.80 bits per heavy atom. The number of hydrogen-bond acceptors (Lipinski definition) is 2. The van der Waals surface area contributed by atoms with Crippen molar-refractivity contribution in [2.45, 2.75) is 58.9 Å². The zero-order chi connectivity index (χ0) is 15.0. The van der Waals surface area contributed by atoms with Crippen molar-refractivity contribution < 1.29 is 9.90 Å². The maximum Gasteiger partial charge on any atom is 0.326 e. The van der Waals surface area contributed by atoms with Gasteiger partial charge in [-0.25, -0.2) is 4.79 Å². The van der Waals surface area contributed by atoms with Crippen LogP contribution >= 0.6 is 0 Å². The summed E-state index contributed by atoms with van der Waals surface area (Å²) in [7, 11) is 0. The number of unbranched alkanes of at least 4 members (excludes halogenated alkanes) is 1. The maximum absolute atomic E-state index is 11.4. The third kappa shape index (κ3) is 4.55. The molecular weight excluding hydrogens is 250 g/mol. The molecule has 3 heteroatoms. The van der Waals surface area contributed by atoms with Crippen LogP contribution in [0.4, 0.5) is 5.69 Å². The summed E-state index contributed by atoms with van der Waals surface area (Å²) in [6, 6.07) is 7.94. The van der Waals surface area contributed by atoms with Gasteiger partial charge < -0.3 is 10.0 Å². The molecular formula is C17H27NO2. The molecule has 0 amide bonds. The number of carboxylic acid groups (broad SMARTS) is 1. The summed E-state index contributed by atoms with van der Waals surface area (Å²) < 4.78 is 0. The predicted octanol–water partition coefficient (Wildman–Crippen LogP) is 4.11. The van der Waals surface area contributed by atoms with Gasteiger partial charge in [0.15, 0.2) is 0 Å². The van der Waals surface area contributed by atoms with E-state index in [4.69, 9.17) is 0 Å². The summed E-state index contributed by atoms with van der Waals surface area (Å²) in [5.74, 6) is -0.740. The highest BCUT2D eigenvalue weighted by atomic mass is 16.4. The first-order chi connectivity index (χ1) is 9.63. The fraction of sp³-hybridized carbons (Fsp3) is 0.588. The molecule has 0 aliphatic rings. The van der Waals surface area contributed by atoms with Gasteiger partial charge in [0.05, 0.1) is 0 Å². The Labute approximate surface area is 122 Å². The Morgan fingerprint density at radius 1 is 1.15 bits per heavy atom. The van der Waals surface area contributed by atoms with Crippen LogP contribution in [0.5, 0.6) is 0 Å². The second-order valence-electron chi connectivity index (χ2n) is 5.23. The summed E-state index contributed by atoms with van der Waals surface area (Å²) in [5, 5.41) is 9.36. The van der Waals surface area contributed by atoms with E-state index in [0.717, 1.165) is 25.1 Å². The van der Waals surface area contributed by atoms with Crippen LogP contribution in [0.15, 0.2) is 24.3 Å². The topological polar surface area (TPSA) is 40.5 Å². The lowest BCUT2D eigenvalue weighted by Crippen LogP contribution is -2.41. The van der Waals surface area contributed by atoms with E-state index in [-0.39, 0.29) is 0 Å². The number of nitrogens with zero attached hydrogens (tertiary/aromatic N) is 1. The molecule has 1 N–H and O–H groups in total. The lowest BCUT2D eigenvalue weighted by molar-refractivity contribution is -0.138. The van der Waals surface area contributed by atoms with Crippen molar-refractivity contribution >= 4 is 11.7 Å². The van der Waals surface area contributed by atoms with Crippen LogP contribution in [0, 0.1) is 0 Å². The minimum absolute atomic E-state index is 0.434. The number of hydrogen-bond donors (Lipinski definition) is 1. The molecule has 0 saturated carbocycles. The van der Waals surface area contributed by atoms with Crippen molar-refractivity contribution in [2.75, 3.05) is 11.4 Å². The van der Waals surface area contributed by atoms with Crippen molar-refractivity contribution in [1.82, 2.24) is 0 Å². The lowest BCUT2D eigenvalue weighted by Gasteiger charge is -2.30. The van der Waals surface area contributed by atoms with Crippen molar-refractivity contribution in [3.63, 3.8) is 0 Å². The maximum atomic E-state index is 11.4. The molecule has 0 aliphatic heterocycles. The van der Waals surface area contributed by atoms with E-state index in [1.807, 2.05) is 11.8 Å². The molecule has 0 saturated heterocycles. The smallest absolute Gasteiger partial charge is 0.326 e. The third-order valence-corrected chi connectivity index (χ3v) is 3.60. The first-order valence-electron chi connectivity index (χ1n) is 7.72. The van der Waals surface area contributed by atoms with E-state index in [9.17, 15) is 9.90 Å². The van der Waals surface area contributed by atoms with Crippen LogP contribution in [-0.2, 0) is 11.2 Å². The van der Waals surface area contributed by atoms with Gasteiger partial charge in [0.1, 0.15) is 6.04 Å². The van der Waals surface area contributed by atoms with Crippen LogP contribution in [-0.4, -0.2) is 23.7 Å². The van der Waals surface area contributed by atoms with Gasteiger partial charge in [-0.05, 0) is 43.4 Å². The molecule has 0 fully saturated rings. The fourth-order valence-electron chi connectivity index (χ4n) is 2.47. The number of rotatable bonds is 9. The molecule has 1 rings (SSSR count). The molecule has 3 nitrogen and oxygen atoms in total. The first kappa shape index (κ1) is 16.5. The van der Waals surface area contributed by atoms with Gasteiger partial charge in [-0.1, -0.05) is 39.3 Å². The molecule has 0 unspecified atom stereocenters. The monoisotopic (exact) mass is 277 g/mol. The van der Waals surface area contributed by atoms with E-state index < -0.39 is 12.0 Å². The first-order valence-corrected chi connectivity index (χ1v) is 7.72. The van der Waals surface area contributed by atoms with E-state index >= 15 is 0 Å². The summed E-state index contributed by atoms with van der Waals surface area (Å²) in [6.45, 7) is 6.98. The average Bonchev–Trinajstić information content (AvgIpc) is 2.45. The number of anilines is 1. The van der Waals surface area contributed by atoms with Crippen molar-refractivity contribution in [2.24, 2.45) is 0 Å². The van der Waals surface area contributed by atoms with Crippen LogP contribution < -0.4 is 4.90 Å². The standard InChI is InChI=1S/C17H27NO2/c1-4-7-8-14-9-11-15(12-10-14)18(13-5-2)16(6-3)17(19)20/h9-12,16H,4-8,13H2,1-3H3,(H,19,20)/t16-/m1/s1. The van der Waals surface area contributed by atoms with Gasteiger partial charge in [0.25, 0.3) is 0 Å². The summed E-state index contributed by atoms with van der Waals surface area (Å²) >= 11 is 0. The Kier molecular flexibility index (Phi) is 7.13. The van der Waals surface area contributed by atoms with E-state index in [2.05, 4.69) is 38.1 Å². The highest BCUT2D eigenvalue weighted by molar-refractivity contribution is 5.78. The summed E-state index contributed by atoms with van der Waals surface area (Å²) in [4.78, 5) is 13.4. The van der Waals surface area contributed by atoms with Crippen LogP contribution in [0.25, 0.3) is 0 Å². The molecule has 0 bridgehead atoms. The van der Waals surface area contributed by atoms with Gasteiger partial charge in [-0.2, -0.15) is 0 Å². The van der Waals surface area contributed by atoms with Gasteiger partial charge in [0.2, 0.25) is 0 Å². The highest BCUT2D eigenvalue weighted by Crippen LogP contribution is 2.21. The molecule has 1 aromatic carbocycles. The normalized spacial score (nSPS) is 12.2. The molecule has 0 aromatic heterocycles. The second-order valence-corrected chi connectivity index (χ2v) is 5.23. The van der Waals surface area contributed by atoms with Crippen molar-refractivity contribution in [1.29, 1.82) is 0 Å². The number of aliphatic carboxylic acids is 1. The Balaban J connectivity index is 2.88. The minimum Gasteiger partial charge on any atom is -0.480 e. The highest BCUT2D eigenvalue weighted by Gasteiger charge is 2.23. The van der Waals surface area contributed by atoms with Crippen molar-refractivity contribution in [3.8, 4) is 0 Å². The van der Waals surface area contributed by atoms with E-state index in [1.54, 1.807) is 0 Å². The fourth-order valence-corrected chi connectivity index (χ4v) is 2.47. The summed E-state index contributed by atoms with van der Waals surface area (Å²) in [5.41, 5.74) is 2.34. The number of carboxylic acids is 1. The lowest BCUT2D eigenvalue weighted by atomic mass is 10.1. The molecule has 1 atom stereocenters. The van der Waals surface area contributed by atoms with Crippen LogP contribution in [0.1, 0.15) is 52.0 Å². The third-order valence-electron chi connectivity index (χ3n) is 3.60. The Bertz CT molecular complexity index is 400. The summed E-state index contributed by atoms with van der Waals surface area (Å²) in [6.07, 6.45) is 5.06.